The van der Waals surface area contributed by atoms with Gasteiger partial charge in [0.2, 0.25) is 5.91 Å². The molecule has 4 N–H and O–H groups in total. The first-order valence-corrected chi connectivity index (χ1v) is 7.15. The quantitative estimate of drug-likeness (QED) is 0.671. The Labute approximate surface area is 119 Å². The molecule has 1 aromatic carbocycles. The van der Waals surface area contributed by atoms with Crippen LogP contribution in [0, 0.1) is 0 Å². The summed E-state index contributed by atoms with van der Waals surface area (Å²) < 4.78 is 0. The second-order valence-electron chi connectivity index (χ2n) is 5.36. The number of carbonyl (C=O) groups excluding carboxylic acids is 1. The van der Waals surface area contributed by atoms with Gasteiger partial charge in [0.1, 0.15) is 0 Å². The molecule has 2 rings (SSSR count). The first kappa shape index (κ1) is 15.0. The van der Waals surface area contributed by atoms with Crippen molar-refractivity contribution < 1.29 is 9.90 Å². The molecule has 0 aromatic heterocycles. The van der Waals surface area contributed by atoms with Crippen LogP contribution < -0.4 is 11.1 Å². The standard InChI is InChI=1S/C15H23N3O2/c16-15(20)13-5-3-4-12(8-13)9-17-10-14(19)11-18-6-1-2-7-18/h3-5,8,14,17,19H,1-2,6-7,9-11H2,(H2,16,20). The third-order valence-corrected chi connectivity index (χ3v) is 3.59. The highest BCUT2D eigenvalue weighted by molar-refractivity contribution is 5.92. The third kappa shape index (κ3) is 4.59. The van der Waals surface area contributed by atoms with E-state index in [1.165, 1.54) is 12.8 Å². The summed E-state index contributed by atoms with van der Waals surface area (Å²) in [5.74, 6) is -0.416. The van der Waals surface area contributed by atoms with E-state index in [9.17, 15) is 9.90 Å². The van der Waals surface area contributed by atoms with E-state index in [1.807, 2.05) is 12.1 Å². The van der Waals surface area contributed by atoms with Crippen LogP contribution in [0.4, 0.5) is 0 Å². The van der Waals surface area contributed by atoms with Crippen LogP contribution in [0.1, 0.15) is 28.8 Å². The van der Waals surface area contributed by atoms with Crippen LogP contribution in [0.2, 0.25) is 0 Å². The minimum atomic E-state index is -0.416. The number of amides is 1. The first-order valence-electron chi connectivity index (χ1n) is 7.15. The van der Waals surface area contributed by atoms with Crippen LogP contribution >= 0.6 is 0 Å². The van der Waals surface area contributed by atoms with Gasteiger partial charge in [-0.25, -0.2) is 0 Å². The summed E-state index contributed by atoms with van der Waals surface area (Å²) in [5.41, 5.74) is 6.76. The van der Waals surface area contributed by atoms with Crippen molar-refractivity contribution >= 4 is 5.91 Å². The lowest BCUT2D eigenvalue weighted by atomic mass is 10.1. The summed E-state index contributed by atoms with van der Waals surface area (Å²) in [6.07, 6.45) is 2.12. The smallest absolute Gasteiger partial charge is 0.248 e. The Bertz CT molecular complexity index is 444. The van der Waals surface area contributed by atoms with Gasteiger partial charge in [-0.05, 0) is 43.6 Å². The number of nitrogens with one attached hydrogen (secondary N) is 1. The van der Waals surface area contributed by atoms with E-state index in [0.29, 0.717) is 18.7 Å². The zero-order valence-corrected chi connectivity index (χ0v) is 11.7. The molecular weight excluding hydrogens is 254 g/mol. The van der Waals surface area contributed by atoms with Crippen molar-refractivity contribution in [3.8, 4) is 0 Å². The molecule has 1 aromatic rings. The maximum Gasteiger partial charge on any atom is 0.248 e. The number of rotatable bonds is 7. The number of aliphatic hydroxyl groups excluding tert-OH is 1. The Morgan fingerprint density at radius 3 is 2.85 bits per heavy atom. The number of likely N-dealkylation sites (tertiary alicyclic amines) is 1. The van der Waals surface area contributed by atoms with Crippen LogP contribution in [0.3, 0.4) is 0 Å². The van der Waals surface area contributed by atoms with Gasteiger partial charge < -0.3 is 21.1 Å². The number of β-amino-alcohol motifs (C(OH)–C–C–N with tert-alkyl or cyclic N) is 1. The van der Waals surface area contributed by atoms with Gasteiger partial charge >= 0.3 is 0 Å². The summed E-state index contributed by atoms with van der Waals surface area (Å²) in [5, 5.41) is 13.2. The fraction of sp³-hybridized carbons (Fsp3) is 0.533. The van der Waals surface area contributed by atoms with Crippen LogP contribution in [0.25, 0.3) is 0 Å². The number of hydrogen-bond acceptors (Lipinski definition) is 4. The minimum Gasteiger partial charge on any atom is -0.390 e. The maximum absolute atomic E-state index is 11.1. The molecule has 0 saturated carbocycles. The molecule has 1 saturated heterocycles. The predicted octanol–water partition coefficient (Wildman–Crippen LogP) is 0.332. The highest BCUT2D eigenvalue weighted by Crippen LogP contribution is 2.08. The van der Waals surface area contributed by atoms with Crippen LogP contribution in [-0.4, -0.2) is 48.2 Å². The molecule has 1 amide bonds. The second kappa shape index (κ2) is 7.38. The molecule has 1 unspecified atom stereocenters. The average molecular weight is 277 g/mol. The Morgan fingerprint density at radius 2 is 2.15 bits per heavy atom. The van der Waals surface area contributed by atoms with Gasteiger partial charge in [0.05, 0.1) is 6.10 Å². The highest BCUT2D eigenvalue weighted by atomic mass is 16.3. The molecule has 5 nitrogen and oxygen atoms in total. The predicted molar refractivity (Wildman–Crippen MR) is 78.3 cm³/mol. The van der Waals surface area contributed by atoms with E-state index in [1.54, 1.807) is 12.1 Å². The van der Waals surface area contributed by atoms with Gasteiger partial charge in [0, 0.05) is 25.2 Å². The number of nitrogens with two attached hydrogens (primary N) is 1. The summed E-state index contributed by atoms with van der Waals surface area (Å²) >= 11 is 0. The molecule has 0 aliphatic carbocycles. The van der Waals surface area contributed by atoms with Crippen molar-refractivity contribution in [2.75, 3.05) is 26.2 Å². The Hall–Kier alpha value is -1.43. The molecular formula is C15H23N3O2. The van der Waals surface area contributed by atoms with Gasteiger partial charge in [-0.15, -0.1) is 0 Å². The van der Waals surface area contributed by atoms with Gasteiger partial charge in [-0.3, -0.25) is 4.79 Å². The minimum absolute atomic E-state index is 0.354. The van der Waals surface area contributed by atoms with E-state index >= 15 is 0 Å². The number of benzene rings is 1. The molecule has 5 heteroatoms. The number of primary amides is 1. The molecule has 1 atom stereocenters. The lowest BCUT2D eigenvalue weighted by molar-refractivity contribution is 0.1000. The number of nitrogens with zero attached hydrogens (tertiary/aromatic N) is 1. The van der Waals surface area contributed by atoms with Gasteiger partial charge in [0.15, 0.2) is 0 Å². The lowest BCUT2D eigenvalue weighted by Gasteiger charge is -2.19. The van der Waals surface area contributed by atoms with E-state index in [2.05, 4.69) is 10.2 Å². The first-order chi connectivity index (χ1) is 9.65. The molecule has 110 valence electrons. The van der Waals surface area contributed by atoms with Crippen molar-refractivity contribution in [1.29, 1.82) is 0 Å². The molecule has 20 heavy (non-hydrogen) atoms. The van der Waals surface area contributed by atoms with Gasteiger partial charge in [0.25, 0.3) is 0 Å². The van der Waals surface area contributed by atoms with Crippen molar-refractivity contribution in [1.82, 2.24) is 10.2 Å². The van der Waals surface area contributed by atoms with E-state index < -0.39 is 5.91 Å². The topological polar surface area (TPSA) is 78.6 Å². The highest BCUT2D eigenvalue weighted by Gasteiger charge is 2.15. The van der Waals surface area contributed by atoms with Crippen molar-refractivity contribution in [2.24, 2.45) is 5.73 Å². The molecule has 1 aliphatic heterocycles. The monoisotopic (exact) mass is 277 g/mol. The Kier molecular flexibility index (Phi) is 5.52. The molecule has 1 aliphatic rings. The van der Waals surface area contributed by atoms with Crippen molar-refractivity contribution in [2.45, 2.75) is 25.5 Å². The number of aliphatic hydroxyl groups is 1. The maximum atomic E-state index is 11.1. The van der Waals surface area contributed by atoms with E-state index in [4.69, 9.17) is 5.73 Å². The van der Waals surface area contributed by atoms with Gasteiger partial charge in [-0.2, -0.15) is 0 Å². The van der Waals surface area contributed by atoms with Crippen LogP contribution in [-0.2, 0) is 6.54 Å². The normalized spacial score (nSPS) is 17.2. The summed E-state index contributed by atoms with van der Waals surface area (Å²) in [6, 6.07) is 7.24. The average Bonchev–Trinajstić information content (AvgIpc) is 2.92. The second-order valence-corrected chi connectivity index (χ2v) is 5.36. The number of hydrogen-bond donors (Lipinski definition) is 3. The fourth-order valence-electron chi connectivity index (χ4n) is 2.55. The zero-order valence-electron chi connectivity index (χ0n) is 11.7. The SMILES string of the molecule is NC(=O)c1cccc(CNCC(O)CN2CCCC2)c1. The molecule has 1 fully saturated rings. The molecule has 0 radical (unpaired) electrons. The zero-order chi connectivity index (χ0) is 14.4. The Balaban J connectivity index is 1.72. The van der Waals surface area contributed by atoms with Crippen LogP contribution in [0.15, 0.2) is 24.3 Å². The lowest BCUT2D eigenvalue weighted by Crippen LogP contribution is -2.36. The largest absolute Gasteiger partial charge is 0.390 e. The number of carbonyl (C=O) groups is 1. The molecule has 1 heterocycles. The molecule has 0 bridgehead atoms. The van der Waals surface area contributed by atoms with Crippen molar-refractivity contribution in [3.63, 3.8) is 0 Å². The third-order valence-electron chi connectivity index (χ3n) is 3.59. The van der Waals surface area contributed by atoms with Gasteiger partial charge in [-0.1, -0.05) is 12.1 Å². The Morgan fingerprint density at radius 1 is 1.40 bits per heavy atom. The summed E-state index contributed by atoms with van der Waals surface area (Å²) in [4.78, 5) is 13.4. The van der Waals surface area contributed by atoms with E-state index in [0.717, 1.165) is 25.2 Å². The van der Waals surface area contributed by atoms with Crippen LogP contribution in [0.5, 0.6) is 0 Å². The summed E-state index contributed by atoms with van der Waals surface area (Å²) in [6.45, 7) is 4.10. The summed E-state index contributed by atoms with van der Waals surface area (Å²) in [7, 11) is 0. The van der Waals surface area contributed by atoms with Crippen molar-refractivity contribution in [3.05, 3.63) is 35.4 Å². The van der Waals surface area contributed by atoms with E-state index in [-0.39, 0.29) is 6.10 Å². The fourth-order valence-corrected chi connectivity index (χ4v) is 2.55. The molecule has 0 spiro atoms.